The minimum Gasteiger partial charge on any atom is -0.506 e. The van der Waals surface area contributed by atoms with Crippen molar-refractivity contribution in [2.45, 2.75) is 25.4 Å². The van der Waals surface area contributed by atoms with E-state index in [1.165, 1.54) is 34.9 Å². The van der Waals surface area contributed by atoms with Gasteiger partial charge in [-0.25, -0.2) is 5.43 Å². The number of phenolic OH excluding ortho intramolecular Hbond substituents is 1. The number of benzene rings is 4. The Morgan fingerprint density at radius 3 is 2.68 bits per heavy atom. The number of amides is 1. The third kappa shape index (κ3) is 4.53. The van der Waals surface area contributed by atoms with E-state index >= 15 is 0 Å². The summed E-state index contributed by atoms with van der Waals surface area (Å²) in [5, 5.41) is 19.7. The molecule has 1 aliphatic carbocycles. The van der Waals surface area contributed by atoms with Gasteiger partial charge in [-0.05, 0) is 58.5 Å². The standard InChI is InChI=1S/C28H24ClN3O2/c29-25-15-19(12-14-27(25)33)28(34)32-31-17-21-10-9-20(22-6-3-4-7-23(21)22)16-30-26-13-11-18-5-1-2-8-24(18)26/h1-10,12,14-15,17,26,30,33H,11,13,16H2,(H,32,34). The Morgan fingerprint density at radius 2 is 1.82 bits per heavy atom. The lowest BCUT2D eigenvalue weighted by atomic mass is 9.99. The third-order valence-corrected chi connectivity index (χ3v) is 6.60. The average molecular weight is 470 g/mol. The third-order valence-electron chi connectivity index (χ3n) is 6.30. The lowest BCUT2D eigenvalue weighted by Crippen LogP contribution is -2.19. The van der Waals surface area contributed by atoms with E-state index in [9.17, 15) is 9.90 Å². The number of nitrogens with one attached hydrogen (secondary N) is 2. The van der Waals surface area contributed by atoms with Crippen LogP contribution >= 0.6 is 11.6 Å². The second-order valence-corrected chi connectivity index (χ2v) is 8.80. The smallest absolute Gasteiger partial charge is 0.271 e. The zero-order chi connectivity index (χ0) is 23.5. The van der Waals surface area contributed by atoms with Crippen molar-refractivity contribution >= 4 is 34.5 Å². The molecule has 1 unspecified atom stereocenters. The van der Waals surface area contributed by atoms with Crippen LogP contribution in [0.2, 0.25) is 5.02 Å². The molecule has 5 rings (SSSR count). The lowest BCUT2D eigenvalue weighted by Gasteiger charge is -2.16. The van der Waals surface area contributed by atoms with E-state index in [4.69, 9.17) is 11.6 Å². The highest BCUT2D eigenvalue weighted by Crippen LogP contribution is 2.31. The van der Waals surface area contributed by atoms with Crippen molar-refractivity contribution in [1.82, 2.24) is 10.7 Å². The second-order valence-electron chi connectivity index (χ2n) is 8.40. The summed E-state index contributed by atoms with van der Waals surface area (Å²) in [5.74, 6) is -0.472. The fraction of sp³-hybridized carbons (Fsp3) is 0.143. The predicted molar refractivity (Wildman–Crippen MR) is 136 cm³/mol. The molecular formula is C28H24ClN3O2. The topological polar surface area (TPSA) is 73.7 Å². The molecule has 4 aromatic rings. The fourth-order valence-electron chi connectivity index (χ4n) is 4.53. The van der Waals surface area contributed by atoms with E-state index in [0.29, 0.717) is 11.6 Å². The number of phenols is 1. The Bertz CT molecular complexity index is 1400. The van der Waals surface area contributed by atoms with Crippen molar-refractivity contribution in [1.29, 1.82) is 0 Å². The number of hydrazone groups is 1. The molecule has 0 saturated carbocycles. The number of halogens is 1. The summed E-state index contributed by atoms with van der Waals surface area (Å²) >= 11 is 5.89. The molecule has 0 spiro atoms. The maximum Gasteiger partial charge on any atom is 0.271 e. The van der Waals surface area contributed by atoms with Crippen molar-refractivity contribution in [3.05, 3.63) is 112 Å². The van der Waals surface area contributed by atoms with E-state index in [0.717, 1.165) is 35.7 Å². The Labute approximate surface area is 203 Å². The van der Waals surface area contributed by atoms with Crippen LogP contribution in [0.3, 0.4) is 0 Å². The molecule has 1 aliphatic rings. The van der Waals surface area contributed by atoms with Crippen LogP contribution < -0.4 is 10.7 Å². The van der Waals surface area contributed by atoms with Gasteiger partial charge in [-0.1, -0.05) is 72.3 Å². The first-order valence-corrected chi connectivity index (χ1v) is 11.6. The van der Waals surface area contributed by atoms with Crippen LogP contribution in [0.25, 0.3) is 10.8 Å². The van der Waals surface area contributed by atoms with Gasteiger partial charge in [0, 0.05) is 23.7 Å². The maximum atomic E-state index is 12.3. The van der Waals surface area contributed by atoms with E-state index in [1.807, 2.05) is 18.2 Å². The van der Waals surface area contributed by atoms with E-state index < -0.39 is 5.91 Å². The van der Waals surface area contributed by atoms with Crippen LogP contribution in [0, 0.1) is 0 Å². The largest absolute Gasteiger partial charge is 0.506 e. The zero-order valence-corrected chi connectivity index (χ0v) is 19.2. The van der Waals surface area contributed by atoms with Crippen LogP contribution in [0.4, 0.5) is 0 Å². The first kappa shape index (κ1) is 22.1. The minimum absolute atomic E-state index is 0.0695. The minimum atomic E-state index is -0.403. The van der Waals surface area contributed by atoms with Gasteiger partial charge < -0.3 is 10.4 Å². The van der Waals surface area contributed by atoms with Gasteiger partial charge in [0.1, 0.15) is 5.75 Å². The number of hydrogen-bond donors (Lipinski definition) is 3. The summed E-state index contributed by atoms with van der Waals surface area (Å²) < 4.78 is 0. The van der Waals surface area contributed by atoms with Crippen molar-refractivity contribution in [2.75, 3.05) is 0 Å². The Hall–Kier alpha value is -3.67. The number of hydrogen-bond acceptors (Lipinski definition) is 4. The summed E-state index contributed by atoms with van der Waals surface area (Å²) in [7, 11) is 0. The number of nitrogens with zero attached hydrogens (tertiary/aromatic N) is 1. The number of carbonyl (C=O) groups is 1. The van der Waals surface area contributed by atoms with Crippen LogP contribution in [-0.4, -0.2) is 17.2 Å². The fourth-order valence-corrected chi connectivity index (χ4v) is 4.71. The molecule has 5 nitrogen and oxygen atoms in total. The molecule has 0 fully saturated rings. The van der Waals surface area contributed by atoms with E-state index in [2.05, 4.69) is 58.3 Å². The summed E-state index contributed by atoms with van der Waals surface area (Å²) in [6, 6.07) is 25.7. The van der Waals surface area contributed by atoms with E-state index in [-0.39, 0.29) is 10.8 Å². The molecule has 4 aromatic carbocycles. The molecule has 0 aromatic heterocycles. The van der Waals surface area contributed by atoms with Gasteiger partial charge in [-0.3, -0.25) is 4.79 Å². The lowest BCUT2D eigenvalue weighted by molar-refractivity contribution is 0.0955. The number of fused-ring (bicyclic) bond motifs is 2. The number of aromatic hydroxyl groups is 1. The molecule has 1 amide bonds. The molecule has 6 heteroatoms. The Morgan fingerprint density at radius 1 is 1.03 bits per heavy atom. The van der Waals surface area contributed by atoms with Gasteiger partial charge >= 0.3 is 0 Å². The summed E-state index contributed by atoms with van der Waals surface area (Å²) in [6.45, 7) is 0.773. The van der Waals surface area contributed by atoms with E-state index in [1.54, 1.807) is 6.21 Å². The summed E-state index contributed by atoms with van der Waals surface area (Å²) in [6.07, 6.45) is 3.88. The van der Waals surface area contributed by atoms with Gasteiger partial charge in [-0.2, -0.15) is 5.10 Å². The SMILES string of the molecule is O=C(NN=Cc1ccc(CNC2CCc3ccccc32)c2ccccc12)c1ccc(O)c(Cl)c1. The van der Waals surface area contributed by atoms with Crippen molar-refractivity contribution < 1.29 is 9.90 Å². The summed E-state index contributed by atoms with van der Waals surface area (Å²) in [5.41, 5.74) is 7.82. The van der Waals surface area contributed by atoms with Gasteiger partial charge in [0.05, 0.1) is 11.2 Å². The zero-order valence-electron chi connectivity index (χ0n) is 18.5. The normalized spacial score (nSPS) is 15.0. The molecule has 0 radical (unpaired) electrons. The number of carbonyl (C=O) groups excluding carboxylic acids is 1. The molecule has 1 atom stereocenters. The average Bonchev–Trinajstić information content (AvgIpc) is 3.28. The first-order chi connectivity index (χ1) is 16.6. The highest BCUT2D eigenvalue weighted by atomic mass is 35.5. The number of aryl methyl sites for hydroxylation is 1. The highest BCUT2D eigenvalue weighted by Gasteiger charge is 2.21. The Balaban J connectivity index is 1.31. The van der Waals surface area contributed by atoms with Crippen LogP contribution in [0.5, 0.6) is 5.75 Å². The molecule has 0 aliphatic heterocycles. The molecule has 0 heterocycles. The molecule has 0 saturated heterocycles. The molecule has 0 bridgehead atoms. The molecule has 170 valence electrons. The number of rotatable bonds is 6. The molecule has 3 N–H and O–H groups in total. The van der Waals surface area contributed by atoms with Crippen LogP contribution in [0.15, 0.2) is 84.0 Å². The van der Waals surface area contributed by atoms with Gasteiger partial charge in [0.15, 0.2) is 0 Å². The molecule has 34 heavy (non-hydrogen) atoms. The highest BCUT2D eigenvalue weighted by molar-refractivity contribution is 6.32. The quantitative estimate of drug-likeness (QED) is 0.249. The second kappa shape index (κ2) is 9.67. The predicted octanol–water partition coefficient (Wildman–Crippen LogP) is 5.74. The van der Waals surface area contributed by atoms with Crippen molar-refractivity contribution in [2.24, 2.45) is 5.10 Å². The maximum absolute atomic E-state index is 12.3. The van der Waals surface area contributed by atoms with Crippen molar-refractivity contribution in [3.63, 3.8) is 0 Å². The van der Waals surface area contributed by atoms with Gasteiger partial charge in [0.2, 0.25) is 0 Å². The van der Waals surface area contributed by atoms with Gasteiger partial charge in [0.25, 0.3) is 5.91 Å². The van der Waals surface area contributed by atoms with Crippen molar-refractivity contribution in [3.8, 4) is 5.75 Å². The van der Waals surface area contributed by atoms with Crippen LogP contribution in [-0.2, 0) is 13.0 Å². The first-order valence-electron chi connectivity index (χ1n) is 11.2. The Kier molecular flexibility index (Phi) is 6.30. The monoisotopic (exact) mass is 469 g/mol. The van der Waals surface area contributed by atoms with Crippen LogP contribution in [0.1, 0.15) is 45.1 Å². The van der Waals surface area contributed by atoms with Gasteiger partial charge in [-0.15, -0.1) is 0 Å². The summed E-state index contributed by atoms with van der Waals surface area (Å²) in [4.78, 5) is 12.3. The molecular weight excluding hydrogens is 446 g/mol.